The van der Waals surface area contributed by atoms with Crippen LogP contribution in [0.3, 0.4) is 0 Å². The minimum Gasteiger partial charge on any atom is -0.400 e. The number of aliphatic hydroxyl groups is 1. The maximum absolute atomic E-state index is 7.03. The van der Waals surface area contributed by atoms with Crippen LogP contribution in [-0.4, -0.2) is 23.0 Å². The molecule has 0 aliphatic heterocycles. The summed E-state index contributed by atoms with van der Waals surface area (Å²) >= 11 is 3.24. The normalized spacial score (nSPS) is 8.25. The molecule has 4 N–H and O–H groups in total. The van der Waals surface area contributed by atoms with Gasteiger partial charge < -0.3 is 10.8 Å². The van der Waals surface area contributed by atoms with E-state index >= 15 is 0 Å². The van der Waals surface area contributed by atoms with Crippen LogP contribution in [0.15, 0.2) is 22.8 Å². The monoisotopic (exact) mass is 231 g/mol. The van der Waals surface area contributed by atoms with Gasteiger partial charge in [-0.25, -0.2) is 0 Å². The molecule has 0 amide bonds. The molecule has 0 aliphatic carbocycles. The van der Waals surface area contributed by atoms with Crippen LogP contribution >= 0.6 is 15.9 Å². The molecule has 1 heterocycles. The van der Waals surface area contributed by atoms with E-state index in [1.165, 1.54) is 0 Å². The van der Waals surface area contributed by atoms with Gasteiger partial charge in [0.2, 0.25) is 0 Å². The molecule has 0 bridgehead atoms. The Kier molecular flexibility index (Phi) is 5.23. The molecule has 1 aromatic heterocycles. The summed E-state index contributed by atoms with van der Waals surface area (Å²) < 4.78 is 0.882. The highest BCUT2D eigenvalue weighted by molar-refractivity contribution is 9.10. The zero-order valence-corrected chi connectivity index (χ0v) is 8.17. The first kappa shape index (κ1) is 11.1. The number of nitrogens with one attached hydrogen (secondary N) is 1. The van der Waals surface area contributed by atoms with Gasteiger partial charge in [0, 0.05) is 17.8 Å². The Bertz CT molecular complexity index is 265. The third-order valence-electron chi connectivity index (χ3n) is 0.998. The highest BCUT2D eigenvalue weighted by Gasteiger charge is 1.95. The number of nitrogens with zero attached hydrogens (tertiary/aromatic N) is 1. The Balaban J connectivity index is 0.000000561. The summed E-state index contributed by atoms with van der Waals surface area (Å²) in [6, 6.07) is 3.48. The standard InChI is InChI=1S/C6H6BrN3.CH4O/c7-4-1-2-10-5(3-4)6(8)9;1-2/h1-3H,(H3,8,9);2H,1H3. The zero-order chi connectivity index (χ0) is 9.56. The SMILES string of the molecule is CO.N=C(N)c1cc(Br)ccn1. The maximum Gasteiger partial charge on any atom is 0.141 e. The van der Waals surface area contributed by atoms with E-state index in [0.29, 0.717) is 5.69 Å². The fourth-order valence-corrected chi connectivity index (χ4v) is 0.887. The van der Waals surface area contributed by atoms with E-state index in [4.69, 9.17) is 16.2 Å². The summed E-state index contributed by atoms with van der Waals surface area (Å²) in [5.41, 5.74) is 5.68. The van der Waals surface area contributed by atoms with Crippen LogP contribution in [0.4, 0.5) is 0 Å². The van der Waals surface area contributed by atoms with Gasteiger partial charge in [0.1, 0.15) is 11.5 Å². The van der Waals surface area contributed by atoms with Gasteiger partial charge in [0.25, 0.3) is 0 Å². The summed E-state index contributed by atoms with van der Waals surface area (Å²) in [4.78, 5) is 3.86. The highest BCUT2D eigenvalue weighted by Crippen LogP contribution is 2.07. The number of pyridine rings is 1. The molecule has 0 aliphatic rings. The minimum absolute atomic E-state index is 0.0127. The van der Waals surface area contributed by atoms with E-state index < -0.39 is 0 Å². The van der Waals surface area contributed by atoms with Crippen LogP contribution in [0.2, 0.25) is 0 Å². The second-order valence-electron chi connectivity index (χ2n) is 1.77. The lowest BCUT2D eigenvalue weighted by atomic mass is 10.3. The maximum atomic E-state index is 7.03. The van der Waals surface area contributed by atoms with Crippen LogP contribution in [0.25, 0.3) is 0 Å². The van der Waals surface area contributed by atoms with Crippen LogP contribution in [0, 0.1) is 5.41 Å². The van der Waals surface area contributed by atoms with E-state index in [9.17, 15) is 0 Å². The first-order valence-electron chi connectivity index (χ1n) is 3.11. The molecule has 1 rings (SSSR count). The van der Waals surface area contributed by atoms with E-state index in [0.717, 1.165) is 11.6 Å². The quantitative estimate of drug-likeness (QED) is 0.493. The average Bonchev–Trinajstić information content (AvgIpc) is 2.08. The smallest absolute Gasteiger partial charge is 0.141 e. The predicted octanol–water partition coefficient (Wildman–Crippen LogP) is 0.737. The molecule has 0 radical (unpaired) electrons. The summed E-state index contributed by atoms with van der Waals surface area (Å²) in [6.45, 7) is 0. The molecule has 0 fully saturated rings. The Labute approximate surface area is 79.1 Å². The number of aromatic nitrogens is 1. The number of rotatable bonds is 1. The number of nitrogens with two attached hydrogens (primary N) is 1. The molecule has 66 valence electrons. The van der Waals surface area contributed by atoms with E-state index in [1.807, 2.05) is 0 Å². The Hall–Kier alpha value is -0.940. The van der Waals surface area contributed by atoms with Crippen LogP contribution in [0.5, 0.6) is 0 Å². The van der Waals surface area contributed by atoms with Gasteiger partial charge in [-0.05, 0) is 12.1 Å². The van der Waals surface area contributed by atoms with E-state index in [2.05, 4.69) is 20.9 Å². The van der Waals surface area contributed by atoms with Gasteiger partial charge in [-0.1, -0.05) is 15.9 Å². The summed E-state index contributed by atoms with van der Waals surface area (Å²) in [5.74, 6) is -0.0127. The van der Waals surface area contributed by atoms with Gasteiger partial charge in [-0.3, -0.25) is 10.4 Å². The van der Waals surface area contributed by atoms with E-state index in [-0.39, 0.29) is 5.84 Å². The number of hydrogen-bond donors (Lipinski definition) is 3. The van der Waals surface area contributed by atoms with Crippen LogP contribution < -0.4 is 5.73 Å². The molecule has 0 aromatic carbocycles. The fourth-order valence-electron chi connectivity index (χ4n) is 0.552. The fraction of sp³-hybridized carbons (Fsp3) is 0.143. The Morgan fingerprint density at radius 2 is 2.25 bits per heavy atom. The van der Waals surface area contributed by atoms with Crippen molar-refractivity contribution in [1.82, 2.24) is 4.98 Å². The molecule has 0 unspecified atom stereocenters. The third-order valence-corrected chi connectivity index (χ3v) is 1.49. The lowest BCUT2D eigenvalue weighted by molar-refractivity contribution is 0.399. The van der Waals surface area contributed by atoms with Crippen molar-refractivity contribution in [3.05, 3.63) is 28.5 Å². The average molecular weight is 232 g/mol. The molecule has 0 saturated heterocycles. The van der Waals surface area contributed by atoms with Crippen molar-refractivity contribution >= 4 is 21.8 Å². The molecule has 4 nitrogen and oxygen atoms in total. The number of aliphatic hydroxyl groups excluding tert-OH is 1. The van der Waals surface area contributed by atoms with Crippen molar-refractivity contribution in [3.8, 4) is 0 Å². The molecular weight excluding hydrogens is 222 g/mol. The van der Waals surface area contributed by atoms with Gasteiger partial charge in [0.05, 0.1) is 0 Å². The van der Waals surface area contributed by atoms with Gasteiger partial charge >= 0.3 is 0 Å². The largest absolute Gasteiger partial charge is 0.400 e. The van der Waals surface area contributed by atoms with E-state index in [1.54, 1.807) is 18.3 Å². The minimum atomic E-state index is -0.0127. The lowest BCUT2D eigenvalue weighted by Crippen LogP contribution is -2.12. The molecule has 0 saturated carbocycles. The topological polar surface area (TPSA) is 83.0 Å². The lowest BCUT2D eigenvalue weighted by Gasteiger charge is -1.95. The van der Waals surface area contributed by atoms with Crippen molar-refractivity contribution in [2.24, 2.45) is 5.73 Å². The first-order chi connectivity index (χ1) is 5.70. The third kappa shape index (κ3) is 3.45. The summed E-state index contributed by atoms with van der Waals surface area (Å²) in [7, 11) is 1.00. The van der Waals surface area contributed by atoms with Crippen molar-refractivity contribution in [2.45, 2.75) is 0 Å². The van der Waals surface area contributed by atoms with Crippen molar-refractivity contribution < 1.29 is 5.11 Å². The van der Waals surface area contributed by atoms with Crippen molar-refractivity contribution in [2.75, 3.05) is 7.11 Å². The Morgan fingerprint density at radius 1 is 1.67 bits per heavy atom. The molecule has 0 spiro atoms. The summed E-state index contributed by atoms with van der Waals surface area (Å²) in [5, 5.41) is 14.0. The van der Waals surface area contributed by atoms with Gasteiger partial charge in [-0.2, -0.15) is 0 Å². The second kappa shape index (κ2) is 5.68. The van der Waals surface area contributed by atoms with Crippen LogP contribution in [0.1, 0.15) is 5.69 Å². The number of nitrogen functional groups attached to an aromatic ring is 1. The Morgan fingerprint density at radius 3 is 2.58 bits per heavy atom. The molecule has 5 heteroatoms. The van der Waals surface area contributed by atoms with Crippen LogP contribution in [-0.2, 0) is 0 Å². The summed E-state index contributed by atoms with van der Waals surface area (Å²) in [6.07, 6.45) is 1.60. The first-order valence-corrected chi connectivity index (χ1v) is 3.90. The van der Waals surface area contributed by atoms with Gasteiger partial charge in [0.15, 0.2) is 0 Å². The molecular formula is C7H10BrN3O. The molecule has 12 heavy (non-hydrogen) atoms. The number of hydrogen-bond acceptors (Lipinski definition) is 3. The molecule has 0 atom stereocenters. The second-order valence-corrected chi connectivity index (χ2v) is 2.69. The van der Waals surface area contributed by atoms with Gasteiger partial charge in [-0.15, -0.1) is 0 Å². The molecule has 1 aromatic rings. The van der Waals surface area contributed by atoms with Crippen molar-refractivity contribution in [3.63, 3.8) is 0 Å². The predicted molar refractivity (Wildman–Crippen MR) is 51.1 cm³/mol. The zero-order valence-electron chi connectivity index (χ0n) is 6.58. The number of amidine groups is 1. The van der Waals surface area contributed by atoms with Crippen molar-refractivity contribution in [1.29, 1.82) is 5.41 Å². The number of halogens is 1. The highest BCUT2D eigenvalue weighted by atomic mass is 79.9.